The third-order valence-corrected chi connectivity index (χ3v) is 13.4. The summed E-state index contributed by atoms with van der Waals surface area (Å²) in [5.74, 6) is -0.0315. The van der Waals surface area contributed by atoms with Gasteiger partial charge < -0.3 is 14.6 Å². The van der Waals surface area contributed by atoms with E-state index in [9.17, 15) is 14.7 Å². The minimum Gasteiger partial charge on any atom is -0.462 e. The molecule has 1 N–H and O–H groups in total. The first-order valence-electron chi connectivity index (χ1n) is 28.1. The van der Waals surface area contributed by atoms with Gasteiger partial charge in [0.05, 0.1) is 12.6 Å². The van der Waals surface area contributed by atoms with Crippen LogP contribution in [0.1, 0.15) is 284 Å². The molecule has 1 unspecified atom stereocenters. The number of esters is 2. The molecule has 0 bridgehead atoms. The summed E-state index contributed by atoms with van der Waals surface area (Å²) in [4.78, 5) is 28.2. The van der Waals surface area contributed by atoms with Crippen LogP contribution in [0.5, 0.6) is 0 Å². The minimum atomic E-state index is -0.387. The number of aliphatic hydroxyl groups excluding tert-OH is 1. The van der Waals surface area contributed by atoms with Crippen molar-refractivity contribution in [1.29, 1.82) is 0 Å². The van der Waals surface area contributed by atoms with Crippen molar-refractivity contribution in [2.24, 2.45) is 0 Å². The van der Waals surface area contributed by atoms with Gasteiger partial charge in [0, 0.05) is 37.8 Å². The Morgan fingerprint density at radius 1 is 0.516 bits per heavy atom. The molecule has 1 rings (SSSR count). The summed E-state index contributed by atoms with van der Waals surface area (Å²) in [6.45, 7) is 14.4. The van der Waals surface area contributed by atoms with Crippen molar-refractivity contribution >= 4 is 11.9 Å². The summed E-state index contributed by atoms with van der Waals surface area (Å²) < 4.78 is 14.2. The molecule has 0 amide bonds. The van der Waals surface area contributed by atoms with Gasteiger partial charge in [0.2, 0.25) is 0 Å². The summed E-state index contributed by atoms with van der Waals surface area (Å²) in [5.41, 5.74) is 1.16. The molecule has 0 saturated carbocycles. The van der Waals surface area contributed by atoms with Gasteiger partial charge in [-0.2, -0.15) is 5.10 Å². The Balaban J connectivity index is 2.44. The van der Waals surface area contributed by atoms with Crippen LogP contribution in [0.4, 0.5) is 0 Å². The Labute approximate surface area is 396 Å². The van der Waals surface area contributed by atoms with Crippen LogP contribution in [0.3, 0.4) is 0 Å². The number of hydrogen-bond donors (Lipinski definition) is 1. The van der Waals surface area contributed by atoms with Crippen LogP contribution in [-0.2, 0) is 25.6 Å². The molecule has 0 radical (unpaired) electrons. The van der Waals surface area contributed by atoms with Gasteiger partial charge in [-0.05, 0) is 96.6 Å². The monoisotopic (exact) mass is 902 g/mol. The molecular formula is C56H107N3O5. The van der Waals surface area contributed by atoms with E-state index in [1.807, 2.05) is 12.3 Å². The number of carbonyl (C=O) groups is 2. The first kappa shape index (κ1) is 60.1. The largest absolute Gasteiger partial charge is 0.462 e. The summed E-state index contributed by atoms with van der Waals surface area (Å²) in [7, 11) is 0. The Kier molecular flexibility index (Phi) is 42.1. The normalized spacial score (nSPS) is 12.3. The van der Waals surface area contributed by atoms with Crippen LogP contribution in [-0.4, -0.2) is 69.7 Å². The van der Waals surface area contributed by atoms with E-state index >= 15 is 0 Å². The summed E-state index contributed by atoms with van der Waals surface area (Å²) in [6, 6.07) is 2.04. The molecule has 0 aliphatic heterocycles. The number of unbranched alkanes of at least 4 members (excludes halogenated alkanes) is 26. The van der Waals surface area contributed by atoms with Crippen molar-refractivity contribution in [3.8, 4) is 0 Å². The van der Waals surface area contributed by atoms with Crippen molar-refractivity contribution < 1.29 is 24.2 Å². The van der Waals surface area contributed by atoms with E-state index < -0.39 is 0 Å². The fourth-order valence-electron chi connectivity index (χ4n) is 9.14. The number of aromatic nitrogens is 2. The maximum Gasteiger partial charge on any atom is 0.306 e. The highest BCUT2D eigenvalue weighted by Crippen LogP contribution is 2.20. The molecule has 1 aromatic rings. The molecule has 0 aliphatic rings. The van der Waals surface area contributed by atoms with E-state index in [2.05, 4.69) is 49.3 Å². The van der Waals surface area contributed by atoms with Gasteiger partial charge in [-0.1, -0.05) is 188 Å². The van der Waals surface area contributed by atoms with Crippen LogP contribution < -0.4 is 0 Å². The second-order valence-electron chi connectivity index (χ2n) is 19.7. The molecule has 8 heteroatoms. The highest BCUT2D eigenvalue weighted by molar-refractivity contribution is 5.69. The third-order valence-electron chi connectivity index (χ3n) is 13.4. The van der Waals surface area contributed by atoms with Crippen LogP contribution in [0.2, 0.25) is 0 Å². The average Bonchev–Trinajstić information content (AvgIpc) is 3.70. The molecule has 0 fully saturated rings. The summed E-state index contributed by atoms with van der Waals surface area (Å²) >= 11 is 0. The zero-order valence-electron chi connectivity index (χ0n) is 43.2. The number of ether oxygens (including phenoxy) is 2. The molecule has 1 heterocycles. The van der Waals surface area contributed by atoms with Crippen LogP contribution in [0, 0.1) is 6.92 Å². The maximum absolute atomic E-state index is 12.9. The van der Waals surface area contributed by atoms with Crippen LogP contribution in [0.15, 0.2) is 12.3 Å². The number of aryl methyl sites for hydroxylation is 1. The Hall–Kier alpha value is -1.93. The van der Waals surface area contributed by atoms with Gasteiger partial charge in [-0.3, -0.25) is 19.2 Å². The van der Waals surface area contributed by atoms with Gasteiger partial charge >= 0.3 is 11.9 Å². The van der Waals surface area contributed by atoms with Gasteiger partial charge in [-0.25, -0.2) is 0 Å². The van der Waals surface area contributed by atoms with Gasteiger partial charge in [-0.15, -0.1) is 0 Å². The zero-order chi connectivity index (χ0) is 46.6. The van der Waals surface area contributed by atoms with Crippen LogP contribution >= 0.6 is 0 Å². The van der Waals surface area contributed by atoms with Gasteiger partial charge in [0.25, 0.3) is 0 Å². The number of rotatable bonds is 49. The standard InChI is InChI=1S/C56H107N3O5/c1-6-10-14-18-23-31-39-53(40-32-24-19-15-11-7-2)63-55(61)43-35-27-22-28-37-47-58(48-49-59-51(5)45-46-57-59)50-52(60)38-30-29-36-44-56(62)64-54(41-33-25-20-16-12-8-3)42-34-26-21-17-13-9-4/h45-46,52-54,60H,6-44,47-50H2,1-5H3. The van der Waals surface area contributed by atoms with E-state index in [0.29, 0.717) is 19.4 Å². The number of nitrogens with zero attached hydrogens (tertiary/aromatic N) is 3. The van der Waals surface area contributed by atoms with Crippen molar-refractivity contribution in [3.63, 3.8) is 0 Å². The second-order valence-corrected chi connectivity index (χ2v) is 19.7. The average molecular weight is 902 g/mol. The highest BCUT2D eigenvalue weighted by Gasteiger charge is 2.17. The lowest BCUT2D eigenvalue weighted by molar-refractivity contribution is -0.151. The number of carbonyl (C=O) groups excluding carboxylic acids is 2. The van der Waals surface area contributed by atoms with E-state index in [0.717, 1.165) is 122 Å². The lowest BCUT2D eigenvalue weighted by Gasteiger charge is -2.25. The van der Waals surface area contributed by atoms with Crippen molar-refractivity contribution in [3.05, 3.63) is 18.0 Å². The van der Waals surface area contributed by atoms with Crippen molar-refractivity contribution in [1.82, 2.24) is 14.7 Å². The molecule has 0 spiro atoms. The summed E-state index contributed by atoms with van der Waals surface area (Å²) in [5, 5.41) is 15.6. The number of aliphatic hydroxyl groups is 1. The van der Waals surface area contributed by atoms with Crippen LogP contribution in [0.25, 0.3) is 0 Å². The Bertz CT molecular complexity index is 1130. The lowest BCUT2D eigenvalue weighted by Crippen LogP contribution is -2.36. The topological polar surface area (TPSA) is 93.9 Å². The molecule has 0 aromatic carbocycles. The fourth-order valence-corrected chi connectivity index (χ4v) is 9.14. The predicted octanol–water partition coefficient (Wildman–Crippen LogP) is 16.0. The molecule has 376 valence electrons. The van der Waals surface area contributed by atoms with E-state index in [-0.39, 0.29) is 30.3 Å². The molecule has 0 saturated heterocycles. The second kappa shape index (κ2) is 44.9. The van der Waals surface area contributed by atoms with E-state index in [1.54, 1.807) is 0 Å². The van der Waals surface area contributed by atoms with Gasteiger partial charge in [0.15, 0.2) is 0 Å². The minimum absolute atomic E-state index is 0.00206. The van der Waals surface area contributed by atoms with Crippen molar-refractivity contribution in [2.75, 3.05) is 19.6 Å². The molecule has 1 atom stereocenters. The highest BCUT2D eigenvalue weighted by atomic mass is 16.5. The number of hydrogen-bond acceptors (Lipinski definition) is 7. The molecule has 8 nitrogen and oxygen atoms in total. The van der Waals surface area contributed by atoms with Crippen molar-refractivity contribution in [2.45, 2.75) is 310 Å². The fraction of sp³-hybridized carbons (Fsp3) is 0.911. The first-order chi connectivity index (χ1) is 31.3. The smallest absolute Gasteiger partial charge is 0.306 e. The Morgan fingerprint density at radius 2 is 0.875 bits per heavy atom. The van der Waals surface area contributed by atoms with E-state index in [4.69, 9.17) is 9.47 Å². The zero-order valence-corrected chi connectivity index (χ0v) is 43.2. The molecule has 64 heavy (non-hydrogen) atoms. The molecule has 1 aromatic heterocycles. The predicted molar refractivity (Wildman–Crippen MR) is 272 cm³/mol. The van der Waals surface area contributed by atoms with E-state index in [1.165, 1.54) is 141 Å². The summed E-state index contributed by atoms with van der Waals surface area (Å²) in [6.07, 6.45) is 45.9. The lowest BCUT2D eigenvalue weighted by atomic mass is 10.0. The molecule has 0 aliphatic carbocycles. The SMILES string of the molecule is CCCCCCCCC(CCCCCCCC)OC(=O)CCCCCCCN(CCn1nccc1C)CC(O)CCCCCC(=O)OC(CCCCCCCC)CCCCCCCC. The maximum atomic E-state index is 12.9. The van der Waals surface area contributed by atoms with Gasteiger partial charge in [0.1, 0.15) is 12.2 Å². The first-order valence-corrected chi connectivity index (χ1v) is 28.1. The molecular weight excluding hydrogens is 795 g/mol. The third kappa shape index (κ3) is 37.2. The quantitative estimate of drug-likeness (QED) is 0.0514. The Morgan fingerprint density at radius 3 is 1.28 bits per heavy atom.